The Hall–Kier alpha value is -1.22. The fourth-order valence-electron chi connectivity index (χ4n) is 2.93. The van der Waals surface area contributed by atoms with Gasteiger partial charge in [-0.3, -0.25) is 4.79 Å². The van der Waals surface area contributed by atoms with Crippen molar-refractivity contribution in [2.75, 3.05) is 19.5 Å². The van der Waals surface area contributed by atoms with Crippen LogP contribution in [0.25, 0.3) is 0 Å². The zero-order valence-electron chi connectivity index (χ0n) is 12.0. The molecule has 0 heterocycles. The number of ether oxygens (including phenoxy) is 1. The molecule has 0 atom stereocenters. The molecule has 2 rings (SSSR count). The topological polar surface area (TPSA) is 29.5 Å². The van der Waals surface area contributed by atoms with Crippen molar-refractivity contribution >= 4 is 17.5 Å². The highest BCUT2D eigenvalue weighted by Crippen LogP contribution is 2.25. The molecule has 20 heavy (non-hydrogen) atoms. The van der Waals surface area contributed by atoms with Gasteiger partial charge in [-0.2, -0.15) is 0 Å². The van der Waals surface area contributed by atoms with E-state index in [-0.39, 0.29) is 5.91 Å². The molecule has 4 heteroatoms. The molecule has 0 aromatic heterocycles. The van der Waals surface area contributed by atoms with Crippen LogP contribution in [0.5, 0.6) is 5.75 Å². The first-order valence-corrected chi connectivity index (χ1v) is 7.77. The van der Waals surface area contributed by atoms with Gasteiger partial charge in [-0.15, -0.1) is 11.6 Å². The van der Waals surface area contributed by atoms with Crippen LogP contribution in [0.3, 0.4) is 0 Å². The molecule has 1 saturated carbocycles. The van der Waals surface area contributed by atoms with Crippen molar-refractivity contribution in [3.05, 3.63) is 29.8 Å². The summed E-state index contributed by atoms with van der Waals surface area (Å²) in [6.45, 7) is 0.639. The van der Waals surface area contributed by atoms with E-state index in [1.165, 1.54) is 12.8 Å². The number of halogens is 1. The quantitative estimate of drug-likeness (QED) is 0.754. The van der Waals surface area contributed by atoms with Crippen LogP contribution >= 0.6 is 11.6 Å². The summed E-state index contributed by atoms with van der Waals surface area (Å²) in [4.78, 5) is 14.5. The second kappa shape index (κ2) is 7.53. The first-order valence-electron chi connectivity index (χ1n) is 7.23. The zero-order chi connectivity index (χ0) is 14.4. The van der Waals surface area contributed by atoms with Gasteiger partial charge < -0.3 is 9.64 Å². The number of para-hydroxylation sites is 1. The summed E-state index contributed by atoms with van der Waals surface area (Å²) in [5.41, 5.74) is 0.942. The largest absolute Gasteiger partial charge is 0.496 e. The summed E-state index contributed by atoms with van der Waals surface area (Å²) in [6, 6.07) is 8.07. The van der Waals surface area contributed by atoms with E-state index in [2.05, 4.69) is 0 Å². The summed E-state index contributed by atoms with van der Waals surface area (Å²) < 4.78 is 5.31. The highest BCUT2D eigenvalue weighted by Gasteiger charge is 2.26. The first kappa shape index (κ1) is 15.2. The number of methoxy groups -OCH3 is 1. The van der Waals surface area contributed by atoms with E-state index in [0.29, 0.717) is 24.9 Å². The van der Waals surface area contributed by atoms with Gasteiger partial charge in [-0.05, 0) is 18.9 Å². The third-order valence-electron chi connectivity index (χ3n) is 3.95. The van der Waals surface area contributed by atoms with Gasteiger partial charge in [0.25, 0.3) is 0 Å². The van der Waals surface area contributed by atoms with Crippen LogP contribution in [0, 0.1) is 0 Å². The third kappa shape index (κ3) is 3.66. The number of carbonyl (C=O) groups excluding carboxylic acids is 1. The molecule has 1 aliphatic carbocycles. The number of amides is 1. The molecule has 1 fully saturated rings. The van der Waals surface area contributed by atoms with Crippen LogP contribution in [0.1, 0.15) is 31.2 Å². The van der Waals surface area contributed by atoms with E-state index in [9.17, 15) is 4.79 Å². The van der Waals surface area contributed by atoms with Crippen LogP contribution in [-0.2, 0) is 11.2 Å². The molecule has 1 aromatic carbocycles. The number of carbonyl (C=O) groups is 1. The molecule has 0 bridgehead atoms. The lowest BCUT2D eigenvalue weighted by atomic mass is 10.1. The SMILES string of the molecule is COc1ccccc1CC(=O)N(CCCl)C1CCCC1. The zero-order valence-corrected chi connectivity index (χ0v) is 12.7. The average Bonchev–Trinajstić information content (AvgIpc) is 2.99. The fourth-order valence-corrected chi connectivity index (χ4v) is 3.11. The predicted octanol–water partition coefficient (Wildman–Crippen LogP) is 3.25. The van der Waals surface area contributed by atoms with E-state index in [1.54, 1.807) is 7.11 Å². The van der Waals surface area contributed by atoms with E-state index in [4.69, 9.17) is 16.3 Å². The highest BCUT2D eigenvalue weighted by molar-refractivity contribution is 6.18. The third-order valence-corrected chi connectivity index (χ3v) is 4.11. The normalized spacial score (nSPS) is 15.3. The van der Waals surface area contributed by atoms with Crippen LogP contribution < -0.4 is 4.74 Å². The van der Waals surface area contributed by atoms with E-state index in [1.807, 2.05) is 29.2 Å². The summed E-state index contributed by atoms with van der Waals surface area (Å²) >= 11 is 5.86. The minimum atomic E-state index is 0.155. The average molecular weight is 296 g/mol. The molecule has 0 aliphatic heterocycles. The fraction of sp³-hybridized carbons (Fsp3) is 0.562. The van der Waals surface area contributed by atoms with Gasteiger partial charge in [-0.25, -0.2) is 0 Å². The Morgan fingerprint density at radius 1 is 1.35 bits per heavy atom. The molecule has 1 amide bonds. The first-order chi connectivity index (χ1) is 9.76. The standard InChI is InChI=1S/C16H22ClNO2/c1-20-15-9-5-2-6-13(15)12-16(19)18(11-10-17)14-7-3-4-8-14/h2,5-6,9,14H,3-4,7-8,10-12H2,1H3. The van der Waals surface area contributed by atoms with Gasteiger partial charge in [0.05, 0.1) is 13.5 Å². The van der Waals surface area contributed by atoms with Crippen molar-refractivity contribution < 1.29 is 9.53 Å². The smallest absolute Gasteiger partial charge is 0.227 e. The molecule has 0 spiro atoms. The Morgan fingerprint density at radius 3 is 2.70 bits per heavy atom. The van der Waals surface area contributed by atoms with Crippen LogP contribution in [0.4, 0.5) is 0 Å². The molecular weight excluding hydrogens is 274 g/mol. The molecule has 3 nitrogen and oxygen atoms in total. The van der Waals surface area contributed by atoms with Crippen molar-refractivity contribution in [3.8, 4) is 5.75 Å². The Morgan fingerprint density at radius 2 is 2.05 bits per heavy atom. The van der Waals surface area contributed by atoms with E-state index < -0.39 is 0 Å². The maximum absolute atomic E-state index is 12.6. The molecule has 0 N–H and O–H groups in total. The number of alkyl halides is 1. The maximum atomic E-state index is 12.6. The molecule has 110 valence electrons. The van der Waals surface area contributed by atoms with E-state index in [0.717, 1.165) is 24.2 Å². The summed E-state index contributed by atoms with van der Waals surface area (Å²) in [7, 11) is 1.64. The van der Waals surface area contributed by atoms with Gasteiger partial charge >= 0.3 is 0 Å². The number of rotatable bonds is 6. The predicted molar refractivity (Wildman–Crippen MR) is 81.4 cm³/mol. The second-order valence-corrected chi connectivity index (χ2v) is 5.58. The summed E-state index contributed by atoms with van der Waals surface area (Å²) in [5.74, 6) is 1.42. The van der Waals surface area contributed by atoms with E-state index >= 15 is 0 Å². The van der Waals surface area contributed by atoms with Crippen LogP contribution in [0.2, 0.25) is 0 Å². The minimum absolute atomic E-state index is 0.155. The van der Waals surface area contributed by atoms with Crippen LogP contribution in [-0.4, -0.2) is 36.4 Å². The summed E-state index contributed by atoms with van der Waals surface area (Å²) in [6.07, 6.45) is 5.03. The van der Waals surface area contributed by atoms with Crippen molar-refractivity contribution in [1.29, 1.82) is 0 Å². The molecule has 0 saturated heterocycles. The van der Waals surface area contributed by atoms with Crippen LogP contribution in [0.15, 0.2) is 24.3 Å². The maximum Gasteiger partial charge on any atom is 0.227 e. The number of nitrogens with zero attached hydrogens (tertiary/aromatic N) is 1. The monoisotopic (exact) mass is 295 g/mol. The lowest BCUT2D eigenvalue weighted by Crippen LogP contribution is -2.41. The second-order valence-electron chi connectivity index (χ2n) is 5.20. The number of hydrogen-bond acceptors (Lipinski definition) is 2. The van der Waals surface area contributed by atoms with Gasteiger partial charge in [0.1, 0.15) is 5.75 Å². The van der Waals surface area contributed by atoms with Crippen molar-refractivity contribution in [2.45, 2.75) is 38.1 Å². The Bertz CT molecular complexity index is 444. The highest BCUT2D eigenvalue weighted by atomic mass is 35.5. The lowest BCUT2D eigenvalue weighted by Gasteiger charge is -2.28. The summed E-state index contributed by atoms with van der Waals surface area (Å²) in [5, 5.41) is 0. The molecule has 0 radical (unpaired) electrons. The molecule has 0 unspecified atom stereocenters. The number of hydrogen-bond donors (Lipinski definition) is 0. The Kier molecular flexibility index (Phi) is 5.72. The Labute approximate surface area is 125 Å². The molecular formula is C16H22ClNO2. The minimum Gasteiger partial charge on any atom is -0.496 e. The Balaban J connectivity index is 2.07. The van der Waals surface area contributed by atoms with Crippen molar-refractivity contribution in [3.63, 3.8) is 0 Å². The molecule has 1 aliphatic rings. The number of benzene rings is 1. The van der Waals surface area contributed by atoms with Crippen molar-refractivity contribution in [1.82, 2.24) is 4.90 Å². The van der Waals surface area contributed by atoms with Gasteiger partial charge in [0, 0.05) is 24.0 Å². The lowest BCUT2D eigenvalue weighted by molar-refractivity contribution is -0.132. The van der Waals surface area contributed by atoms with Gasteiger partial charge in [0.2, 0.25) is 5.91 Å². The van der Waals surface area contributed by atoms with Gasteiger partial charge in [0.15, 0.2) is 0 Å². The van der Waals surface area contributed by atoms with Crippen molar-refractivity contribution in [2.24, 2.45) is 0 Å². The molecule has 1 aromatic rings. The van der Waals surface area contributed by atoms with Gasteiger partial charge in [-0.1, -0.05) is 31.0 Å².